The number of carbonyl (C=O) groups excluding carboxylic acids is 4. The van der Waals surface area contributed by atoms with Gasteiger partial charge in [-0.25, -0.2) is 4.39 Å². The lowest BCUT2D eigenvalue weighted by molar-refractivity contribution is -0.157. The van der Waals surface area contributed by atoms with E-state index in [4.69, 9.17) is 11.5 Å². The highest BCUT2D eigenvalue weighted by Gasteiger charge is 2.43. The fourth-order valence-electron chi connectivity index (χ4n) is 5.75. The van der Waals surface area contributed by atoms with Crippen LogP contribution in [-0.2, 0) is 32.0 Å². The third kappa shape index (κ3) is 8.55. The summed E-state index contributed by atoms with van der Waals surface area (Å²) < 4.78 is 13.5. The highest BCUT2D eigenvalue weighted by Crippen LogP contribution is 2.24. The number of guanidine groups is 1. The van der Waals surface area contributed by atoms with E-state index in [9.17, 15) is 23.6 Å². The van der Waals surface area contributed by atoms with Gasteiger partial charge in [-0.1, -0.05) is 54.6 Å². The van der Waals surface area contributed by atoms with Gasteiger partial charge in [0.15, 0.2) is 5.96 Å². The van der Waals surface area contributed by atoms with Crippen molar-refractivity contribution in [2.24, 2.45) is 16.5 Å². The Morgan fingerprint density at radius 1 is 0.978 bits per heavy atom. The Morgan fingerprint density at radius 3 is 2.33 bits per heavy atom. The maximum absolute atomic E-state index is 14.2. The molecule has 0 spiro atoms. The molecule has 0 aromatic heterocycles. The number of hydrogen-bond donors (Lipinski definition) is 4. The summed E-state index contributed by atoms with van der Waals surface area (Å²) in [7, 11) is 1.53. The molecule has 0 bridgehead atoms. The van der Waals surface area contributed by atoms with E-state index in [0.29, 0.717) is 12.0 Å². The largest absolute Gasteiger partial charge is 0.370 e. The van der Waals surface area contributed by atoms with Crippen LogP contribution in [0.15, 0.2) is 71.7 Å². The first-order valence-electron chi connectivity index (χ1n) is 14.9. The summed E-state index contributed by atoms with van der Waals surface area (Å²) in [5.74, 6) is -2.06. The molecule has 0 radical (unpaired) electrons. The van der Waals surface area contributed by atoms with Gasteiger partial charge in [-0.3, -0.25) is 24.2 Å². The Kier molecular flexibility index (Phi) is 11.1. The summed E-state index contributed by atoms with van der Waals surface area (Å²) in [6.07, 6.45) is 1.02. The van der Waals surface area contributed by atoms with Crippen molar-refractivity contribution in [2.75, 3.05) is 26.7 Å². The Balaban J connectivity index is 1.62. The van der Waals surface area contributed by atoms with Crippen molar-refractivity contribution in [3.05, 3.63) is 83.7 Å². The van der Waals surface area contributed by atoms with Crippen LogP contribution in [0.25, 0.3) is 10.8 Å². The number of carbonyl (C=O) groups is 4. The number of nitrogens with two attached hydrogens (primary N) is 2. The number of piperazine rings is 1. The molecule has 1 aliphatic heterocycles. The minimum absolute atomic E-state index is 0.0837. The van der Waals surface area contributed by atoms with Crippen LogP contribution in [0, 0.1) is 5.82 Å². The first-order valence-corrected chi connectivity index (χ1v) is 14.9. The molecular formula is C33H40FN7O4. The average Bonchev–Trinajstić information content (AvgIpc) is 3.02. The summed E-state index contributed by atoms with van der Waals surface area (Å²) in [5.41, 5.74) is 12.5. The molecule has 45 heavy (non-hydrogen) atoms. The van der Waals surface area contributed by atoms with Crippen molar-refractivity contribution in [1.82, 2.24) is 20.4 Å². The molecule has 1 heterocycles. The van der Waals surface area contributed by atoms with Crippen molar-refractivity contribution in [1.29, 1.82) is 0 Å². The number of fused-ring (bicyclic) bond motifs is 1. The van der Waals surface area contributed by atoms with Crippen molar-refractivity contribution in [3.8, 4) is 0 Å². The normalized spacial score (nSPS) is 16.2. The van der Waals surface area contributed by atoms with E-state index in [0.717, 1.165) is 16.3 Å². The fraction of sp³-hybridized carbons (Fsp3) is 0.364. The highest BCUT2D eigenvalue weighted by atomic mass is 19.1. The molecule has 3 atom stereocenters. The van der Waals surface area contributed by atoms with Crippen LogP contribution in [0.1, 0.15) is 30.9 Å². The number of rotatable bonds is 12. The lowest BCUT2D eigenvalue weighted by atomic mass is 9.96. The van der Waals surface area contributed by atoms with E-state index in [1.54, 1.807) is 12.1 Å². The zero-order valence-electron chi connectivity index (χ0n) is 25.5. The molecule has 0 unspecified atom stereocenters. The van der Waals surface area contributed by atoms with E-state index in [2.05, 4.69) is 15.6 Å². The van der Waals surface area contributed by atoms with Gasteiger partial charge in [0.1, 0.15) is 23.9 Å². The van der Waals surface area contributed by atoms with Crippen LogP contribution in [0.4, 0.5) is 4.39 Å². The van der Waals surface area contributed by atoms with Crippen molar-refractivity contribution in [2.45, 2.75) is 50.7 Å². The fourth-order valence-corrected chi connectivity index (χ4v) is 5.75. The van der Waals surface area contributed by atoms with Gasteiger partial charge in [-0.2, -0.15) is 0 Å². The second-order valence-corrected chi connectivity index (χ2v) is 11.1. The monoisotopic (exact) mass is 617 g/mol. The molecule has 238 valence electrons. The number of likely N-dealkylation sites (N-methyl/N-ethyl adjacent to an activating group) is 1. The third-order valence-corrected chi connectivity index (χ3v) is 7.94. The molecule has 6 N–H and O–H groups in total. The summed E-state index contributed by atoms with van der Waals surface area (Å²) in [4.78, 5) is 60.6. The van der Waals surface area contributed by atoms with Crippen LogP contribution in [0.5, 0.6) is 0 Å². The lowest BCUT2D eigenvalue weighted by Crippen LogP contribution is -2.65. The second kappa shape index (κ2) is 15.1. The predicted octanol–water partition coefficient (Wildman–Crippen LogP) is 1.48. The lowest BCUT2D eigenvalue weighted by Gasteiger charge is -2.44. The Labute approximate surface area is 261 Å². The van der Waals surface area contributed by atoms with Crippen molar-refractivity contribution >= 4 is 40.4 Å². The molecule has 1 saturated heterocycles. The Bertz CT molecular complexity index is 1560. The molecule has 3 aromatic carbocycles. The standard InChI is InChI=1S/C33H40FN7O4/c1-21(42)39-27(19-22-10-13-26(34)14-11-22)31(44)40-16-17-41(32(45)28(40)8-5-15-38-33(35)36)29(30(43)37-2)20-23-9-12-24-6-3-4-7-25(24)18-23/h3-4,6-7,9-14,18,27-29H,5,8,15-17,19-20H2,1-2H3,(H,37,43)(H,39,42)(H4,35,36,38)/t27-,28+,29+/m1/s1. The minimum atomic E-state index is -0.986. The van der Waals surface area contributed by atoms with Gasteiger partial charge in [-0.05, 0) is 46.9 Å². The molecule has 0 aliphatic carbocycles. The summed E-state index contributed by atoms with van der Waals surface area (Å²) in [6, 6.07) is 16.8. The number of aliphatic imine (C=N–C) groups is 1. The topological polar surface area (TPSA) is 163 Å². The minimum Gasteiger partial charge on any atom is -0.370 e. The summed E-state index contributed by atoms with van der Waals surface area (Å²) in [6.45, 7) is 1.81. The van der Waals surface area contributed by atoms with Gasteiger partial charge in [0, 0.05) is 46.4 Å². The second-order valence-electron chi connectivity index (χ2n) is 11.1. The summed E-state index contributed by atoms with van der Waals surface area (Å²) >= 11 is 0. The van der Waals surface area contributed by atoms with E-state index < -0.39 is 35.8 Å². The van der Waals surface area contributed by atoms with Crippen LogP contribution < -0.4 is 22.1 Å². The number of hydrogen-bond acceptors (Lipinski definition) is 5. The highest BCUT2D eigenvalue weighted by molar-refractivity contribution is 5.95. The first kappa shape index (κ1) is 32.9. The number of nitrogens with zero attached hydrogens (tertiary/aromatic N) is 3. The zero-order chi connectivity index (χ0) is 32.5. The van der Waals surface area contributed by atoms with Gasteiger partial charge in [0.2, 0.25) is 23.6 Å². The van der Waals surface area contributed by atoms with Crippen LogP contribution >= 0.6 is 0 Å². The molecule has 0 saturated carbocycles. The maximum atomic E-state index is 14.2. The Hall–Kier alpha value is -5.00. The van der Waals surface area contributed by atoms with Crippen LogP contribution in [0.3, 0.4) is 0 Å². The molecule has 1 fully saturated rings. The molecular weight excluding hydrogens is 577 g/mol. The van der Waals surface area contributed by atoms with Gasteiger partial charge in [0.25, 0.3) is 0 Å². The molecule has 12 heteroatoms. The van der Waals surface area contributed by atoms with Crippen molar-refractivity contribution in [3.63, 3.8) is 0 Å². The Morgan fingerprint density at radius 2 is 1.67 bits per heavy atom. The summed E-state index contributed by atoms with van der Waals surface area (Å²) in [5, 5.41) is 7.48. The van der Waals surface area contributed by atoms with Gasteiger partial charge < -0.3 is 31.9 Å². The van der Waals surface area contributed by atoms with Crippen LogP contribution in [0.2, 0.25) is 0 Å². The first-order chi connectivity index (χ1) is 21.6. The van der Waals surface area contributed by atoms with Gasteiger partial charge in [0.05, 0.1) is 0 Å². The number of benzene rings is 3. The molecule has 11 nitrogen and oxygen atoms in total. The molecule has 3 aromatic rings. The number of amides is 4. The van der Waals surface area contributed by atoms with E-state index in [-0.39, 0.29) is 56.7 Å². The average molecular weight is 618 g/mol. The van der Waals surface area contributed by atoms with Gasteiger partial charge >= 0.3 is 0 Å². The molecule has 1 aliphatic rings. The van der Waals surface area contributed by atoms with Crippen LogP contribution in [-0.4, -0.2) is 84.2 Å². The SMILES string of the molecule is CNC(=O)[C@H](Cc1ccc2ccccc2c1)N1CCN(C(=O)[C@@H](Cc2ccc(F)cc2)NC(C)=O)[C@@H](CCCN=C(N)N)C1=O. The maximum Gasteiger partial charge on any atom is 0.246 e. The predicted molar refractivity (Wildman–Crippen MR) is 170 cm³/mol. The van der Waals surface area contributed by atoms with Crippen molar-refractivity contribution < 1.29 is 23.6 Å². The smallest absolute Gasteiger partial charge is 0.246 e. The van der Waals surface area contributed by atoms with E-state index in [1.807, 2.05) is 42.5 Å². The third-order valence-electron chi connectivity index (χ3n) is 7.94. The molecule has 4 rings (SSSR count). The zero-order valence-corrected chi connectivity index (χ0v) is 25.5. The van der Waals surface area contributed by atoms with E-state index in [1.165, 1.54) is 35.9 Å². The number of nitrogens with one attached hydrogen (secondary N) is 2. The van der Waals surface area contributed by atoms with Gasteiger partial charge in [-0.15, -0.1) is 0 Å². The van der Waals surface area contributed by atoms with E-state index >= 15 is 0 Å². The molecule has 4 amide bonds. The quantitative estimate of drug-likeness (QED) is 0.137. The number of halogens is 1.